The summed E-state index contributed by atoms with van der Waals surface area (Å²) in [5.41, 5.74) is 1.49. The third-order valence-electron chi connectivity index (χ3n) is 4.19. The van der Waals surface area contributed by atoms with E-state index in [0.717, 1.165) is 24.0 Å². The third kappa shape index (κ3) is 3.26. The van der Waals surface area contributed by atoms with E-state index in [1.807, 2.05) is 12.1 Å². The highest BCUT2D eigenvalue weighted by Crippen LogP contribution is 2.57. The predicted molar refractivity (Wildman–Crippen MR) is 84.2 cm³/mol. The Morgan fingerprint density at radius 3 is 2.63 bits per heavy atom. The van der Waals surface area contributed by atoms with Crippen LogP contribution < -0.4 is 5.32 Å². The second-order valence-electron chi connectivity index (χ2n) is 6.11. The fourth-order valence-corrected chi connectivity index (χ4v) is 3.63. The Morgan fingerprint density at radius 1 is 1.37 bits per heavy atom. The highest BCUT2D eigenvalue weighted by atomic mass is 35.5. The van der Waals surface area contributed by atoms with Crippen molar-refractivity contribution in [3.8, 4) is 0 Å². The summed E-state index contributed by atoms with van der Waals surface area (Å²) in [6.45, 7) is 8.81. The number of nitrogens with one attached hydrogen (secondary N) is 1. The van der Waals surface area contributed by atoms with Crippen LogP contribution in [0.2, 0.25) is 10.0 Å². The van der Waals surface area contributed by atoms with Gasteiger partial charge in [0, 0.05) is 22.0 Å². The number of rotatable bonds is 6. The molecule has 0 amide bonds. The molecule has 0 radical (unpaired) electrons. The fraction of sp³-hybridized carbons (Fsp3) is 0.625. The van der Waals surface area contributed by atoms with Gasteiger partial charge in [0.05, 0.1) is 0 Å². The van der Waals surface area contributed by atoms with Crippen molar-refractivity contribution < 1.29 is 0 Å². The van der Waals surface area contributed by atoms with E-state index in [4.69, 9.17) is 23.2 Å². The molecule has 0 aliphatic heterocycles. The molecule has 0 saturated heterocycles. The van der Waals surface area contributed by atoms with Crippen LogP contribution in [0.25, 0.3) is 0 Å². The van der Waals surface area contributed by atoms with Gasteiger partial charge in [-0.2, -0.15) is 0 Å². The van der Waals surface area contributed by atoms with E-state index < -0.39 is 0 Å². The van der Waals surface area contributed by atoms with Gasteiger partial charge in [0.15, 0.2) is 0 Å². The molecule has 0 aromatic heterocycles. The predicted octanol–water partition coefficient (Wildman–Crippen LogP) is 4.91. The van der Waals surface area contributed by atoms with Crippen LogP contribution in [0.3, 0.4) is 0 Å². The van der Waals surface area contributed by atoms with E-state index >= 15 is 0 Å². The number of hydrogen-bond donors (Lipinski definition) is 1. The van der Waals surface area contributed by atoms with E-state index in [9.17, 15) is 0 Å². The standard InChI is InChI=1S/C16H23Cl2N/c1-4-12-8-16(12,10-19-9-11(2)3)14-6-5-13(17)7-15(14)18/h5-7,11-12,19H,4,8-10H2,1-3H3. The van der Waals surface area contributed by atoms with Gasteiger partial charge in [-0.25, -0.2) is 0 Å². The second kappa shape index (κ2) is 6.03. The van der Waals surface area contributed by atoms with Crippen molar-refractivity contribution in [1.29, 1.82) is 0 Å². The zero-order valence-electron chi connectivity index (χ0n) is 12.0. The Morgan fingerprint density at radius 2 is 2.11 bits per heavy atom. The van der Waals surface area contributed by atoms with Crippen molar-refractivity contribution in [3.05, 3.63) is 33.8 Å². The van der Waals surface area contributed by atoms with Crippen molar-refractivity contribution >= 4 is 23.2 Å². The molecule has 1 aromatic rings. The molecule has 106 valence electrons. The first-order valence-electron chi connectivity index (χ1n) is 7.16. The summed E-state index contributed by atoms with van der Waals surface area (Å²) in [6.07, 6.45) is 2.44. The fourth-order valence-electron chi connectivity index (χ4n) is 3.03. The maximum absolute atomic E-state index is 6.41. The van der Waals surface area contributed by atoms with Gasteiger partial charge in [-0.15, -0.1) is 0 Å². The van der Waals surface area contributed by atoms with Crippen LogP contribution >= 0.6 is 23.2 Å². The summed E-state index contributed by atoms with van der Waals surface area (Å²) >= 11 is 12.4. The van der Waals surface area contributed by atoms with E-state index in [2.05, 4.69) is 32.2 Å². The molecule has 2 unspecified atom stereocenters. The highest BCUT2D eigenvalue weighted by molar-refractivity contribution is 6.35. The van der Waals surface area contributed by atoms with Crippen LogP contribution in [-0.4, -0.2) is 13.1 Å². The minimum Gasteiger partial charge on any atom is -0.316 e. The van der Waals surface area contributed by atoms with Gasteiger partial charge in [-0.1, -0.05) is 56.5 Å². The topological polar surface area (TPSA) is 12.0 Å². The van der Waals surface area contributed by atoms with Crippen LogP contribution in [0, 0.1) is 11.8 Å². The van der Waals surface area contributed by atoms with Crippen LogP contribution in [-0.2, 0) is 5.41 Å². The first-order valence-corrected chi connectivity index (χ1v) is 7.91. The van der Waals surface area contributed by atoms with Gasteiger partial charge in [-0.05, 0) is 42.5 Å². The van der Waals surface area contributed by atoms with Gasteiger partial charge < -0.3 is 5.32 Å². The SMILES string of the molecule is CCC1CC1(CNCC(C)C)c1ccc(Cl)cc1Cl. The maximum Gasteiger partial charge on any atom is 0.0459 e. The number of hydrogen-bond acceptors (Lipinski definition) is 1. The van der Waals surface area contributed by atoms with Crippen molar-refractivity contribution in [3.63, 3.8) is 0 Å². The highest BCUT2D eigenvalue weighted by Gasteiger charge is 2.54. The van der Waals surface area contributed by atoms with Crippen molar-refractivity contribution in [1.82, 2.24) is 5.32 Å². The van der Waals surface area contributed by atoms with Gasteiger partial charge in [0.25, 0.3) is 0 Å². The maximum atomic E-state index is 6.41. The zero-order valence-corrected chi connectivity index (χ0v) is 13.5. The summed E-state index contributed by atoms with van der Waals surface area (Å²) in [4.78, 5) is 0. The molecule has 1 aromatic carbocycles. The summed E-state index contributed by atoms with van der Waals surface area (Å²) < 4.78 is 0. The molecule has 1 fully saturated rings. The lowest BCUT2D eigenvalue weighted by atomic mass is 9.92. The molecule has 0 heterocycles. The molecule has 2 rings (SSSR count). The minimum absolute atomic E-state index is 0.227. The minimum atomic E-state index is 0.227. The van der Waals surface area contributed by atoms with Crippen LogP contribution in [0.1, 0.15) is 39.2 Å². The van der Waals surface area contributed by atoms with E-state index in [1.165, 1.54) is 18.4 Å². The Hall–Kier alpha value is -0.240. The first-order chi connectivity index (χ1) is 8.99. The van der Waals surface area contributed by atoms with E-state index in [1.54, 1.807) is 0 Å². The van der Waals surface area contributed by atoms with E-state index in [0.29, 0.717) is 10.9 Å². The van der Waals surface area contributed by atoms with Gasteiger partial charge in [0.1, 0.15) is 0 Å². The summed E-state index contributed by atoms with van der Waals surface area (Å²) in [5.74, 6) is 1.42. The molecule has 2 atom stereocenters. The third-order valence-corrected chi connectivity index (χ3v) is 4.73. The van der Waals surface area contributed by atoms with Crippen molar-refractivity contribution in [2.75, 3.05) is 13.1 Å². The lowest BCUT2D eigenvalue weighted by molar-refractivity contribution is 0.483. The molecule has 3 heteroatoms. The normalized spacial score (nSPS) is 25.9. The Bertz CT molecular complexity index is 444. The van der Waals surface area contributed by atoms with Gasteiger partial charge in [-0.3, -0.25) is 0 Å². The first kappa shape index (κ1) is 15.2. The van der Waals surface area contributed by atoms with Crippen LogP contribution in [0.5, 0.6) is 0 Å². The molecule has 1 N–H and O–H groups in total. The van der Waals surface area contributed by atoms with Crippen LogP contribution in [0.15, 0.2) is 18.2 Å². The molecule has 1 aliphatic rings. The molecule has 19 heavy (non-hydrogen) atoms. The molecule has 0 bridgehead atoms. The number of benzene rings is 1. The summed E-state index contributed by atoms with van der Waals surface area (Å²) in [6, 6.07) is 5.93. The molecular formula is C16H23Cl2N. The molecule has 1 saturated carbocycles. The quantitative estimate of drug-likeness (QED) is 0.787. The molecule has 0 spiro atoms. The lowest BCUT2D eigenvalue weighted by Gasteiger charge is -2.21. The summed E-state index contributed by atoms with van der Waals surface area (Å²) in [7, 11) is 0. The monoisotopic (exact) mass is 299 g/mol. The smallest absolute Gasteiger partial charge is 0.0459 e. The largest absolute Gasteiger partial charge is 0.316 e. The Balaban J connectivity index is 2.16. The van der Waals surface area contributed by atoms with Crippen LogP contribution in [0.4, 0.5) is 0 Å². The zero-order chi connectivity index (χ0) is 14.0. The van der Waals surface area contributed by atoms with Gasteiger partial charge >= 0.3 is 0 Å². The van der Waals surface area contributed by atoms with Crippen molar-refractivity contribution in [2.24, 2.45) is 11.8 Å². The number of halogens is 2. The average molecular weight is 300 g/mol. The lowest BCUT2D eigenvalue weighted by Crippen LogP contribution is -2.31. The van der Waals surface area contributed by atoms with Gasteiger partial charge in [0.2, 0.25) is 0 Å². The molecular weight excluding hydrogens is 277 g/mol. The molecule has 1 aliphatic carbocycles. The Labute approximate surface area is 126 Å². The second-order valence-corrected chi connectivity index (χ2v) is 6.96. The average Bonchev–Trinajstić information content (AvgIpc) is 3.03. The van der Waals surface area contributed by atoms with E-state index in [-0.39, 0.29) is 5.41 Å². The van der Waals surface area contributed by atoms with Crippen molar-refractivity contribution in [2.45, 2.75) is 39.0 Å². The summed E-state index contributed by atoms with van der Waals surface area (Å²) in [5, 5.41) is 5.13. The molecule has 1 nitrogen and oxygen atoms in total. The Kier molecular flexibility index (Phi) is 4.81.